The smallest absolute Gasteiger partial charge is 0.266 e. The van der Waals surface area contributed by atoms with Crippen molar-refractivity contribution in [2.24, 2.45) is 13.0 Å². The molecule has 2 aromatic rings. The molecule has 0 aromatic carbocycles. The van der Waals surface area contributed by atoms with E-state index in [-0.39, 0.29) is 11.1 Å². The molecule has 6 heteroatoms. The van der Waals surface area contributed by atoms with Gasteiger partial charge in [0, 0.05) is 38.0 Å². The molecule has 0 bridgehead atoms. The number of hydrogen-bond acceptors (Lipinski definition) is 4. The first kappa shape index (κ1) is 16.6. The minimum Gasteiger partial charge on any atom is -0.314 e. The van der Waals surface area contributed by atoms with Gasteiger partial charge in [0.15, 0.2) is 0 Å². The van der Waals surface area contributed by atoms with Crippen LogP contribution >= 0.6 is 0 Å². The van der Waals surface area contributed by atoms with Crippen LogP contribution in [-0.2, 0) is 20.1 Å². The van der Waals surface area contributed by atoms with Crippen LogP contribution in [0.5, 0.6) is 0 Å². The standard InChI is InChI=1S/C18H24N4O2/c1-14-6-7-18(24)22(19-14)12-15-8-10-21(11-9-15)13-16-4-3-5-17(23)20(16)2/h3-7,15H,8-13H2,1-2H3. The van der Waals surface area contributed by atoms with E-state index in [4.69, 9.17) is 0 Å². The third kappa shape index (κ3) is 3.82. The molecule has 1 aliphatic heterocycles. The topological polar surface area (TPSA) is 60.1 Å². The van der Waals surface area contributed by atoms with Gasteiger partial charge in [-0.05, 0) is 50.9 Å². The molecular formula is C18H24N4O2. The van der Waals surface area contributed by atoms with Crippen LogP contribution in [0.4, 0.5) is 0 Å². The predicted octanol–water partition coefficient (Wildman–Crippen LogP) is 1.16. The van der Waals surface area contributed by atoms with Crippen LogP contribution in [0.1, 0.15) is 24.2 Å². The van der Waals surface area contributed by atoms with Crippen molar-refractivity contribution in [3.05, 3.63) is 62.4 Å². The maximum Gasteiger partial charge on any atom is 0.266 e. The second kappa shape index (κ2) is 7.13. The molecule has 1 aliphatic rings. The van der Waals surface area contributed by atoms with Gasteiger partial charge in [-0.3, -0.25) is 14.5 Å². The molecule has 0 saturated carbocycles. The Bertz CT molecular complexity index is 816. The zero-order valence-electron chi connectivity index (χ0n) is 14.3. The third-order valence-electron chi connectivity index (χ3n) is 4.81. The maximum absolute atomic E-state index is 11.9. The highest BCUT2D eigenvalue weighted by atomic mass is 16.1. The third-order valence-corrected chi connectivity index (χ3v) is 4.81. The van der Waals surface area contributed by atoms with Crippen molar-refractivity contribution in [2.75, 3.05) is 13.1 Å². The Morgan fingerprint density at radius 1 is 1.08 bits per heavy atom. The van der Waals surface area contributed by atoms with Crippen LogP contribution in [0.2, 0.25) is 0 Å². The van der Waals surface area contributed by atoms with Gasteiger partial charge in [0.05, 0.1) is 5.69 Å². The van der Waals surface area contributed by atoms with Crippen molar-refractivity contribution < 1.29 is 0 Å². The van der Waals surface area contributed by atoms with Crippen LogP contribution in [0.15, 0.2) is 39.9 Å². The van der Waals surface area contributed by atoms with Crippen molar-refractivity contribution in [3.63, 3.8) is 0 Å². The summed E-state index contributed by atoms with van der Waals surface area (Å²) in [4.78, 5) is 26.0. The zero-order chi connectivity index (χ0) is 17.1. The molecule has 0 amide bonds. The van der Waals surface area contributed by atoms with Gasteiger partial charge in [-0.25, -0.2) is 4.68 Å². The Kier molecular flexibility index (Phi) is 4.94. The minimum atomic E-state index is -0.0256. The molecule has 0 atom stereocenters. The summed E-state index contributed by atoms with van der Waals surface area (Å²) in [5.74, 6) is 0.479. The molecule has 0 spiro atoms. The lowest BCUT2D eigenvalue weighted by Crippen LogP contribution is -2.37. The summed E-state index contributed by atoms with van der Waals surface area (Å²) in [6, 6.07) is 8.76. The number of rotatable bonds is 4. The fraction of sp³-hybridized carbons (Fsp3) is 0.500. The highest BCUT2D eigenvalue weighted by Gasteiger charge is 2.21. The van der Waals surface area contributed by atoms with Gasteiger partial charge in [-0.15, -0.1) is 0 Å². The van der Waals surface area contributed by atoms with Crippen molar-refractivity contribution >= 4 is 0 Å². The SMILES string of the molecule is Cc1ccc(=O)n(CC2CCN(Cc3cccc(=O)n3C)CC2)n1. The number of aromatic nitrogens is 3. The van der Waals surface area contributed by atoms with E-state index < -0.39 is 0 Å². The van der Waals surface area contributed by atoms with E-state index in [2.05, 4.69) is 10.00 Å². The predicted molar refractivity (Wildman–Crippen MR) is 92.9 cm³/mol. The Labute approximate surface area is 141 Å². The molecule has 3 rings (SSSR count). The van der Waals surface area contributed by atoms with E-state index >= 15 is 0 Å². The Morgan fingerprint density at radius 3 is 2.58 bits per heavy atom. The maximum atomic E-state index is 11.9. The number of nitrogens with zero attached hydrogens (tertiary/aromatic N) is 4. The molecule has 6 nitrogen and oxygen atoms in total. The van der Waals surface area contributed by atoms with Gasteiger partial charge < -0.3 is 4.57 Å². The summed E-state index contributed by atoms with van der Waals surface area (Å²) >= 11 is 0. The first-order valence-corrected chi connectivity index (χ1v) is 8.45. The summed E-state index contributed by atoms with van der Waals surface area (Å²) in [6.45, 7) is 5.35. The van der Waals surface area contributed by atoms with Gasteiger partial charge in [-0.1, -0.05) is 6.07 Å². The second-order valence-corrected chi connectivity index (χ2v) is 6.63. The Hall–Kier alpha value is -2.21. The fourth-order valence-electron chi connectivity index (χ4n) is 3.25. The van der Waals surface area contributed by atoms with E-state index in [0.717, 1.165) is 43.9 Å². The van der Waals surface area contributed by atoms with E-state index in [1.165, 1.54) is 0 Å². The first-order chi connectivity index (χ1) is 11.5. The van der Waals surface area contributed by atoms with Gasteiger partial charge >= 0.3 is 0 Å². The molecule has 24 heavy (non-hydrogen) atoms. The summed E-state index contributed by atoms with van der Waals surface area (Å²) in [5, 5.41) is 4.33. The van der Waals surface area contributed by atoms with E-state index in [9.17, 15) is 9.59 Å². The van der Waals surface area contributed by atoms with Crippen LogP contribution in [0, 0.1) is 12.8 Å². The Balaban J connectivity index is 1.58. The fourth-order valence-corrected chi connectivity index (χ4v) is 3.25. The molecule has 0 aliphatic carbocycles. The first-order valence-electron chi connectivity index (χ1n) is 8.45. The molecule has 0 N–H and O–H groups in total. The van der Waals surface area contributed by atoms with Crippen LogP contribution in [0.3, 0.4) is 0 Å². The summed E-state index contributed by atoms with van der Waals surface area (Å²) in [7, 11) is 1.82. The van der Waals surface area contributed by atoms with Gasteiger partial charge in [0.1, 0.15) is 0 Å². The number of likely N-dealkylation sites (tertiary alicyclic amines) is 1. The highest BCUT2D eigenvalue weighted by Crippen LogP contribution is 2.19. The van der Waals surface area contributed by atoms with Crippen LogP contribution < -0.4 is 11.1 Å². The van der Waals surface area contributed by atoms with Crippen molar-refractivity contribution in [3.8, 4) is 0 Å². The average molecular weight is 328 g/mol. The van der Waals surface area contributed by atoms with Crippen molar-refractivity contribution in [1.82, 2.24) is 19.2 Å². The average Bonchev–Trinajstić information content (AvgIpc) is 2.57. The van der Waals surface area contributed by atoms with E-state index in [1.807, 2.05) is 26.1 Å². The van der Waals surface area contributed by atoms with Gasteiger partial charge in [0.25, 0.3) is 5.56 Å². The molecule has 0 unspecified atom stereocenters. The van der Waals surface area contributed by atoms with Crippen molar-refractivity contribution in [2.45, 2.75) is 32.9 Å². The quantitative estimate of drug-likeness (QED) is 0.845. The largest absolute Gasteiger partial charge is 0.314 e. The van der Waals surface area contributed by atoms with Crippen molar-refractivity contribution in [1.29, 1.82) is 0 Å². The van der Waals surface area contributed by atoms with Crippen LogP contribution in [-0.4, -0.2) is 32.3 Å². The van der Waals surface area contributed by atoms with Gasteiger partial charge in [-0.2, -0.15) is 5.10 Å². The normalized spacial score (nSPS) is 16.4. The Morgan fingerprint density at radius 2 is 1.83 bits per heavy atom. The van der Waals surface area contributed by atoms with E-state index in [0.29, 0.717) is 12.5 Å². The van der Waals surface area contributed by atoms with E-state index in [1.54, 1.807) is 27.4 Å². The summed E-state index contributed by atoms with van der Waals surface area (Å²) < 4.78 is 3.30. The number of hydrogen-bond donors (Lipinski definition) is 0. The lowest BCUT2D eigenvalue weighted by Gasteiger charge is -2.32. The molecule has 0 radical (unpaired) electrons. The molecule has 2 aromatic heterocycles. The molecule has 1 fully saturated rings. The lowest BCUT2D eigenvalue weighted by atomic mass is 9.96. The summed E-state index contributed by atoms with van der Waals surface area (Å²) in [5.41, 5.74) is 1.92. The molecule has 1 saturated heterocycles. The molecule has 3 heterocycles. The zero-order valence-corrected chi connectivity index (χ0v) is 14.3. The van der Waals surface area contributed by atoms with Gasteiger partial charge in [0.2, 0.25) is 5.56 Å². The lowest BCUT2D eigenvalue weighted by molar-refractivity contribution is 0.160. The number of piperidine rings is 1. The minimum absolute atomic E-state index is 0.0256. The molecular weight excluding hydrogens is 304 g/mol. The van der Waals surface area contributed by atoms with Crippen LogP contribution in [0.25, 0.3) is 0 Å². The number of pyridine rings is 1. The molecule has 128 valence electrons. The second-order valence-electron chi connectivity index (χ2n) is 6.63. The summed E-state index contributed by atoms with van der Waals surface area (Å²) in [6.07, 6.45) is 2.09. The number of aryl methyl sites for hydroxylation is 1. The monoisotopic (exact) mass is 328 g/mol. The highest BCUT2D eigenvalue weighted by molar-refractivity contribution is 5.06.